The van der Waals surface area contributed by atoms with Crippen LogP contribution in [0.3, 0.4) is 0 Å². The average molecular weight is 504 g/mol. The predicted octanol–water partition coefficient (Wildman–Crippen LogP) is 5.67. The molecular weight excluding hydrogens is 478 g/mol. The number of nitriles is 2. The fourth-order valence-corrected chi connectivity index (χ4v) is 3.67. The molecule has 8 heteroatoms. The van der Waals surface area contributed by atoms with Crippen LogP contribution in [-0.2, 0) is 13.2 Å². The molecule has 0 aliphatic heterocycles. The van der Waals surface area contributed by atoms with Crippen LogP contribution in [0.4, 0.5) is 11.5 Å². The number of hydrogen-bond acceptors (Lipinski definition) is 7. The molecule has 0 atom stereocenters. The number of ether oxygens (including phenoxy) is 2. The van der Waals surface area contributed by atoms with Gasteiger partial charge in [0.05, 0.1) is 35.1 Å². The number of aromatic nitrogens is 1. The molecule has 0 bridgehead atoms. The first kappa shape index (κ1) is 25.7. The number of carbonyl (C=O) groups excluding carboxylic acids is 1. The number of carbonyl (C=O) groups is 1. The molecule has 4 rings (SSSR count). The van der Waals surface area contributed by atoms with Gasteiger partial charge in [-0.2, -0.15) is 10.5 Å². The number of amides is 1. The largest absolute Gasteiger partial charge is 0.489 e. The normalized spacial score (nSPS) is 10.1. The van der Waals surface area contributed by atoms with Gasteiger partial charge in [0.15, 0.2) is 0 Å². The summed E-state index contributed by atoms with van der Waals surface area (Å²) in [6, 6.07) is 27.0. The van der Waals surface area contributed by atoms with Gasteiger partial charge in [0.25, 0.3) is 5.91 Å². The maximum Gasteiger partial charge on any atom is 0.257 e. The molecule has 0 aliphatic rings. The Bertz CT molecular complexity index is 1420. The van der Waals surface area contributed by atoms with Crippen molar-refractivity contribution in [3.8, 4) is 23.6 Å². The summed E-state index contributed by atoms with van der Waals surface area (Å²) in [5.74, 6) is 0.795. The minimum atomic E-state index is -0.390. The number of anilines is 2. The van der Waals surface area contributed by atoms with Gasteiger partial charge in [-0.1, -0.05) is 36.4 Å². The zero-order valence-corrected chi connectivity index (χ0v) is 20.8. The zero-order valence-electron chi connectivity index (χ0n) is 20.8. The Balaban J connectivity index is 1.57. The van der Waals surface area contributed by atoms with Gasteiger partial charge in [-0.3, -0.25) is 4.79 Å². The Morgan fingerprint density at radius 1 is 0.842 bits per heavy atom. The molecule has 0 radical (unpaired) electrons. The summed E-state index contributed by atoms with van der Waals surface area (Å²) in [5, 5.41) is 24.7. The van der Waals surface area contributed by atoms with E-state index in [2.05, 4.69) is 27.8 Å². The number of nitrogens with zero attached hydrogens (tertiary/aromatic N) is 3. The standard InChI is InChI=1S/C30H25N5O3/c1-2-33-26-11-12-29(34-18-26)35-30(36)25-13-27(37-19-23-9-5-3-7-21(23)16-31)15-28(14-25)38-20-24-10-6-4-8-22(24)17-32/h3-15,18,33H,2,19-20H2,1H3,(H,34,35,36). The average Bonchev–Trinajstić information content (AvgIpc) is 2.96. The molecule has 1 amide bonds. The van der Waals surface area contributed by atoms with Crippen molar-refractivity contribution in [2.75, 3.05) is 17.2 Å². The number of nitrogens with one attached hydrogen (secondary N) is 2. The molecule has 2 N–H and O–H groups in total. The van der Waals surface area contributed by atoms with E-state index in [0.717, 1.165) is 23.4 Å². The Labute approximate surface area is 221 Å². The van der Waals surface area contributed by atoms with E-state index in [4.69, 9.17) is 9.47 Å². The first-order valence-corrected chi connectivity index (χ1v) is 12.0. The van der Waals surface area contributed by atoms with Gasteiger partial charge in [0.2, 0.25) is 0 Å². The third kappa shape index (κ3) is 6.66. The van der Waals surface area contributed by atoms with Crippen LogP contribution in [-0.4, -0.2) is 17.4 Å². The Morgan fingerprint density at radius 3 is 1.92 bits per heavy atom. The minimum Gasteiger partial charge on any atom is -0.489 e. The van der Waals surface area contributed by atoms with Crippen molar-refractivity contribution in [2.45, 2.75) is 20.1 Å². The third-order valence-electron chi connectivity index (χ3n) is 5.59. The molecule has 0 saturated heterocycles. The second-order valence-corrected chi connectivity index (χ2v) is 8.22. The van der Waals surface area contributed by atoms with Crippen LogP contribution >= 0.6 is 0 Å². The minimum absolute atomic E-state index is 0.138. The maximum absolute atomic E-state index is 13.1. The number of rotatable bonds is 10. The van der Waals surface area contributed by atoms with Crippen LogP contribution in [0.25, 0.3) is 0 Å². The third-order valence-corrected chi connectivity index (χ3v) is 5.59. The van der Waals surface area contributed by atoms with Crippen molar-refractivity contribution in [1.82, 2.24) is 4.98 Å². The van der Waals surface area contributed by atoms with Crippen LogP contribution in [0.5, 0.6) is 11.5 Å². The van der Waals surface area contributed by atoms with Gasteiger partial charge < -0.3 is 20.1 Å². The van der Waals surface area contributed by atoms with Crippen LogP contribution < -0.4 is 20.1 Å². The second kappa shape index (κ2) is 12.6. The van der Waals surface area contributed by atoms with Crippen LogP contribution in [0, 0.1) is 22.7 Å². The molecule has 0 spiro atoms. The summed E-state index contributed by atoms with van der Waals surface area (Å²) in [6.07, 6.45) is 1.65. The zero-order chi connectivity index (χ0) is 26.7. The molecule has 0 saturated carbocycles. The van der Waals surface area contributed by atoms with Crippen LogP contribution in [0.1, 0.15) is 39.5 Å². The van der Waals surface area contributed by atoms with Gasteiger partial charge in [-0.05, 0) is 43.3 Å². The lowest BCUT2D eigenvalue weighted by atomic mass is 10.1. The molecule has 4 aromatic rings. The van der Waals surface area contributed by atoms with Crippen molar-refractivity contribution < 1.29 is 14.3 Å². The molecule has 3 aromatic carbocycles. The molecule has 0 fully saturated rings. The summed E-state index contributed by atoms with van der Waals surface area (Å²) in [7, 11) is 0. The molecule has 1 aromatic heterocycles. The van der Waals surface area contributed by atoms with E-state index >= 15 is 0 Å². The highest BCUT2D eigenvalue weighted by Gasteiger charge is 2.13. The van der Waals surface area contributed by atoms with Crippen molar-refractivity contribution in [2.24, 2.45) is 0 Å². The van der Waals surface area contributed by atoms with E-state index in [1.54, 1.807) is 54.7 Å². The molecule has 38 heavy (non-hydrogen) atoms. The molecule has 1 heterocycles. The van der Waals surface area contributed by atoms with Crippen molar-refractivity contribution in [3.63, 3.8) is 0 Å². The summed E-state index contributed by atoms with van der Waals surface area (Å²) >= 11 is 0. The van der Waals surface area contributed by atoms with Gasteiger partial charge in [-0.25, -0.2) is 4.98 Å². The highest BCUT2D eigenvalue weighted by Crippen LogP contribution is 2.26. The quantitative estimate of drug-likeness (QED) is 0.286. The smallest absolute Gasteiger partial charge is 0.257 e. The van der Waals surface area contributed by atoms with E-state index in [1.807, 2.05) is 37.3 Å². The highest BCUT2D eigenvalue weighted by molar-refractivity contribution is 6.04. The van der Waals surface area contributed by atoms with E-state index < -0.39 is 0 Å². The Hall–Kier alpha value is -5.34. The van der Waals surface area contributed by atoms with Crippen LogP contribution in [0.15, 0.2) is 85.1 Å². The molecule has 0 aliphatic carbocycles. The highest BCUT2D eigenvalue weighted by atomic mass is 16.5. The summed E-state index contributed by atoms with van der Waals surface area (Å²) in [4.78, 5) is 17.4. The summed E-state index contributed by atoms with van der Waals surface area (Å²) in [6.45, 7) is 3.03. The fourth-order valence-electron chi connectivity index (χ4n) is 3.67. The fraction of sp³-hybridized carbons (Fsp3) is 0.133. The van der Waals surface area contributed by atoms with Crippen LogP contribution in [0.2, 0.25) is 0 Å². The maximum atomic E-state index is 13.1. The number of benzene rings is 3. The van der Waals surface area contributed by atoms with Gasteiger partial charge in [0.1, 0.15) is 30.5 Å². The number of hydrogen-bond donors (Lipinski definition) is 2. The van der Waals surface area contributed by atoms with E-state index in [9.17, 15) is 15.3 Å². The Morgan fingerprint density at radius 2 is 1.42 bits per heavy atom. The van der Waals surface area contributed by atoms with Crippen molar-refractivity contribution in [1.29, 1.82) is 10.5 Å². The van der Waals surface area contributed by atoms with E-state index in [-0.39, 0.29) is 19.1 Å². The second-order valence-electron chi connectivity index (χ2n) is 8.22. The number of pyridine rings is 1. The Kier molecular flexibility index (Phi) is 8.52. The molecule has 188 valence electrons. The monoisotopic (exact) mass is 503 g/mol. The van der Waals surface area contributed by atoms with Gasteiger partial charge in [-0.15, -0.1) is 0 Å². The van der Waals surface area contributed by atoms with Gasteiger partial charge >= 0.3 is 0 Å². The first-order valence-electron chi connectivity index (χ1n) is 12.0. The lowest BCUT2D eigenvalue weighted by Crippen LogP contribution is -2.13. The van der Waals surface area contributed by atoms with E-state index in [1.165, 1.54) is 0 Å². The van der Waals surface area contributed by atoms with Crippen molar-refractivity contribution in [3.05, 3.63) is 113 Å². The molecule has 0 unspecified atom stereocenters. The van der Waals surface area contributed by atoms with E-state index in [0.29, 0.717) is 34.0 Å². The summed E-state index contributed by atoms with van der Waals surface area (Å²) in [5.41, 5.74) is 3.63. The topological polar surface area (TPSA) is 120 Å². The first-order chi connectivity index (χ1) is 18.6. The lowest BCUT2D eigenvalue weighted by molar-refractivity contribution is 0.102. The van der Waals surface area contributed by atoms with Gasteiger partial charge in [0, 0.05) is 29.3 Å². The molecular formula is C30H25N5O3. The molecule has 8 nitrogen and oxygen atoms in total. The predicted molar refractivity (Wildman–Crippen MR) is 144 cm³/mol. The lowest BCUT2D eigenvalue weighted by Gasteiger charge is -2.14. The summed E-state index contributed by atoms with van der Waals surface area (Å²) < 4.78 is 11.9. The SMILES string of the molecule is CCNc1ccc(NC(=O)c2cc(OCc3ccccc3C#N)cc(OCc3ccccc3C#N)c2)nc1. The van der Waals surface area contributed by atoms with Crippen molar-refractivity contribution >= 4 is 17.4 Å².